The molecule has 0 radical (unpaired) electrons. The first-order chi connectivity index (χ1) is 16.0. The van der Waals surface area contributed by atoms with Crippen LogP contribution in [0.3, 0.4) is 0 Å². The molecule has 0 atom stereocenters. The molecule has 0 saturated carbocycles. The Bertz CT molecular complexity index is 1380. The van der Waals surface area contributed by atoms with Gasteiger partial charge in [0.05, 0.1) is 5.39 Å². The lowest BCUT2D eigenvalue weighted by Crippen LogP contribution is -2.19. The van der Waals surface area contributed by atoms with Crippen LogP contribution in [0.2, 0.25) is 0 Å². The average molecular weight is 441 g/mol. The number of benzene rings is 2. The van der Waals surface area contributed by atoms with Gasteiger partial charge in [-0.2, -0.15) is 4.98 Å². The number of nitrogens with zero attached hydrogens (tertiary/aromatic N) is 3. The molecule has 0 bridgehead atoms. The fourth-order valence-corrected chi connectivity index (χ4v) is 3.89. The van der Waals surface area contributed by atoms with Crippen molar-refractivity contribution in [2.75, 3.05) is 28.6 Å². The molecule has 4 aromatic rings. The van der Waals surface area contributed by atoms with Gasteiger partial charge < -0.3 is 20.0 Å². The van der Waals surface area contributed by atoms with Crippen molar-refractivity contribution in [2.45, 2.75) is 19.8 Å². The smallest absolute Gasteiger partial charge is 0.291 e. The number of fused-ring (bicyclic) bond motifs is 1. The van der Waals surface area contributed by atoms with Crippen LogP contribution < -0.4 is 21.0 Å². The Morgan fingerprint density at radius 3 is 2.48 bits per heavy atom. The molecule has 2 aromatic carbocycles. The summed E-state index contributed by atoms with van der Waals surface area (Å²) in [6, 6.07) is 17.2. The number of aromatic nitrogens is 2. The van der Waals surface area contributed by atoms with E-state index in [0.29, 0.717) is 22.6 Å². The van der Waals surface area contributed by atoms with E-state index >= 15 is 0 Å². The number of rotatable bonds is 5. The number of hydrogen-bond acceptors (Lipinski definition) is 7. The minimum atomic E-state index is -0.490. The third-order valence-electron chi connectivity index (χ3n) is 5.53. The summed E-state index contributed by atoms with van der Waals surface area (Å²) < 4.78 is 5.60. The maximum absolute atomic E-state index is 12.6. The molecule has 0 spiro atoms. The molecule has 0 aliphatic carbocycles. The lowest BCUT2D eigenvalue weighted by Gasteiger charge is -2.17. The standard InChI is InChI=1S/C25H23N5O3/c1-16-14-23(30-12-4-5-13-30)29-25(26-16)28-18-10-8-17(9-11-18)27-24(32)22-15-20(31)19-6-2-3-7-21(19)33-22/h2-3,6-11,14-15H,4-5,12-13H2,1H3,(H,27,32)(H,26,28,29). The third-order valence-corrected chi connectivity index (χ3v) is 5.53. The summed E-state index contributed by atoms with van der Waals surface area (Å²) in [5, 5.41) is 6.43. The SMILES string of the molecule is Cc1cc(N2CCCC2)nc(Nc2ccc(NC(=O)c3cc(=O)c4ccccc4o3)cc2)n1. The van der Waals surface area contributed by atoms with E-state index in [-0.39, 0.29) is 11.2 Å². The number of anilines is 4. The second-order valence-electron chi connectivity index (χ2n) is 8.01. The van der Waals surface area contributed by atoms with Gasteiger partial charge in [0.2, 0.25) is 5.95 Å². The van der Waals surface area contributed by atoms with Gasteiger partial charge in [-0.3, -0.25) is 9.59 Å². The van der Waals surface area contributed by atoms with Crippen molar-refractivity contribution >= 4 is 40.0 Å². The van der Waals surface area contributed by atoms with Crippen molar-refractivity contribution in [1.82, 2.24) is 9.97 Å². The normalized spacial score (nSPS) is 13.3. The van der Waals surface area contributed by atoms with Gasteiger partial charge in [0.1, 0.15) is 11.4 Å². The van der Waals surface area contributed by atoms with E-state index < -0.39 is 5.91 Å². The molecule has 33 heavy (non-hydrogen) atoms. The average Bonchev–Trinajstić information content (AvgIpc) is 3.35. The maximum Gasteiger partial charge on any atom is 0.291 e. The van der Waals surface area contributed by atoms with Crippen LogP contribution >= 0.6 is 0 Å². The third kappa shape index (κ3) is 4.55. The first kappa shape index (κ1) is 20.7. The Morgan fingerprint density at radius 2 is 1.70 bits per heavy atom. The van der Waals surface area contributed by atoms with Crippen LogP contribution in [-0.4, -0.2) is 29.0 Å². The number of carbonyl (C=O) groups is 1. The zero-order valence-electron chi connectivity index (χ0n) is 18.2. The van der Waals surface area contributed by atoms with Gasteiger partial charge in [-0.1, -0.05) is 12.1 Å². The topological polar surface area (TPSA) is 100 Å². The second kappa shape index (κ2) is 8.74. The maximum atomic E-state index is 12.6. The van der Waals surface area contributed by atoms with Gasteiger partial charge in [-0.15, -0.1) is 0 Å². The van der Waals surface area contributed by atoms with Gasteiger partial charge in [0.25, 0.3) is 5.91 Å². The second-order valence-corrected chi connectivity index (χ2v) is 8.01. The molecule has 8 nitrogen and oxygen atoms in total. The van der Waals surface area contributed by atoms with Gasteiger partial charge in [0.15, 0.2) is 11.2 Å². The number of carbonyl (C=O) groups excluding carboxylic acids is 1. The summed E-state index contributed by atoms with van der Waals surface area (Å²) in [6.07, 6.45) is 2.36. The van der Waals surface area contributed by atoms with Crippen LogP contribution in [-0.2, 0) is 0 Å². The summed E-state index contributed by atoms with van der Waals surface area (Å²) in [6.45, 7) is 3.99. The first-order valence-electron chi connectivity index (χ1n) is 10.9. The van der Waals surface area contributed by atoms with E-state index in [1.165, 1.54) is 18.9 Å². The highest BCUT2D eigenvalue weighted by atomic mass is 16.3. The highest BCUT2D eigenvalue weighted by Crippen LogP contribution is 2.23. The Hall–Kier alpha value is -4.20. The van der Waals surface area contributed by atoms with Crippen LogP contribution in [0.5, 0.6) is 0 Å². The highest BCUT2D eigenvalue weighted by molar-refractivity contribution is 6.03. The molecule has 166 valence electrons. The van der Waals surface area contributed by atoms with Crippen molar-refractivity contribution < 1.29 is 9.21 Å². The number of hydrogen-bond donors (Lipinski definition) is 2. The minimum Gasteiger partial charge on any atom is -0.451 e. The molecule has 8 heteroatoms. The number of amides is 1. The molecule has 1 saturated heterocycles. The minimum absolute atomic E-state index is 0.0384. The fraction of sp³-hybridized carbons (Fsp3) is 0.200. The molecular formula is C25H23N5O3. The Balaban J connectivity index is 1.29. The van der Waals surface area contributed by atoms with Gasteiger partial charge in [-0.25, -0.2) is 4.98 Å². The zero-order valence-corrected chi connectivity index (χ0v) is 18.2. The van der Waals surface area contributed by atoms with E-state index in [4.69, 9.17) is 4.42 Å². The predicted molar refractivity (Wildman–Crippen MR) is 128 cm³/mol. The highest BCUT2D eigenvalue weighted by Gasteiger charge is 2.16. The summed E-state index contributed by atoms with van der Waals surface area (Å²) >= 11 is 0. The Labute approximate surface area is 190 Å². The van der Waals surface area contributed by atoms with Gasteiger partial charge in [0, 0.05) is 42.3 Å². The van der Waals surface area contributed by atoms with Gasteiger partial charge in [-0.05, 0) is 56.2 Å². The molecule has 3 heterocycles. The van der Waals surface area contributed by atoms with Crippen LogP contribution in [0.1, 0.15) is 29.1 Å². The lowest BCUT2D eigenvalue weighted by atomic mass is 10.2. The summed E-state index contributed by atoms with van der Waals surface area (Å²) in [5.74, 6) is 0.939. The van der Waals surface area contributed by atoms with Crippen LogP contribution in [0.15, 0.2) is 69.9 Å². The Kier molecular flexibility index (Phi) is 5.48. The molecule has 1 aliphatic heterocycles. The zero-order chi connectivity index (χ0) is 22.8. The molecule has 1 aliphatic rings. The molecule has 2 N–H and O–H groups in total. The molecular weight excluding hydrogens is 418 g/mol. The number of nitrogens with one attached hydrogen (secondary N) is 2. The molecule has 5 rings (SSSR count). The fourth-order valence-electron chi connectivity index (χ4n) is 3.89. The quantitative estimate of drug-likeness (QED) is 0.471. The lowest BCUT2D eigenvalue weighted by molar-refractivity contribution is 0.0997. The van der Waals surface area contributed by atoms with Crippen LogP contribution in [0.25, 0.3) is 11.0 Å². The van der Waals surface area contributed by atoms with E-state index in [1.54, 1.807) is 36.4 Å². The molecule has 0 unspecified atom stereocenters. The van der Waals surface area contributed by atoms with E-state index in [2.05, 4.69) is 25.5 Å². The molecule has 1 fully saturated rings. The van der Waals surface area contributed by atoms with E-state index in [9.17, 15) is 9.59 Å². The van der Waals surface area contributed by atoms with Crippen molar-refractivity contribution in [3.8, 4) is 0 Å². The van der Waals surface area contributed by atoms with Crippen LogP contribution in [0, 0.1) is 6.92 Å². The Morgan fingerprint density at radius 1 is 0.970 bits per heavy atom. The van der Waals surface area contributed by atoms with Crippen LogP contribution in [0.4, 0.5) is 23.1 Å². The summed E-state index contributed by atoms with van der Waals surface area (Å²) in [5.41, 5.74) is 2.39. The first-order valence-corrected chi connectivity index (χ1v) is 10.9. The van der Waals surface area contributed by atoms with Crippen molar-refractivity contribution in [2.24, 2.45) is 0 Å². The predicted octanol–water partition coefficient (Wildman–Crippen LogP) is 4.49. The van der Waals surface area contributed by atoms with Crippen molar-refractivity contribution in [3.05, 3.63) is 82.3 Å². The largest absolute Gasteiger partial charge is 0.451 e. The van der Waals surface area contributed by atoms with E-state index in [0.717, 1.165) is 30.3 Å². The summed E-state index contributed by atoms with van der Waals surface area (Å²) in [7, 11) is 0. The summed E-state index contributed by atoms with van der Waals surface area (Å²) in [4.78, 5) is 36.2. The number of para-hydroxylation sites is 1. The number of aryl methyl sites for hydroxylation is 1. The monoisotopic (exact) mass is 441 g/mol. The van der Waals surface area contributed by atoms with Gasteiger partial charge >= 0.3 is 0 Å². The van der Waals surface area contributed by atoms with E-state index in [1.807, 2.05) is 25.1 Å². The molecule has 1 amide bonds. The van der Waals surface area contributed by atoms with Crippen molar-refractivity contribution in [3.63, 3.8) is 0 Å². The van der Waals surface area contributed by atoms with Crippen molar-refractivity contribution in [1.29, 1.82) is 0 Å². The molecule has 2 aromatic heterocycles.